The summed E-state index contributed by atoms with van der Waals surface area (Å²) in [5.74, 6) is -1.86. The molecule has 0 bridgehead atoms. The molecule has 1 N–H and O–H groups in total. The molecule has 1 aromatic rings. The van der Waals surface area contributed by atoms with Crippen molar-refractivity contribution in [1.82, 2.24) is 25.0 Å². The summed E-state index contributed by atoms with van der Waals surface area (Å²) >= 11 is 0. The quantitative estimate of drug-likeness (QED) is 0.908. The average Bonchev–Trinajstić information content (AvgIpc) is 2.99. The van der Waals surface area contributed by atoms with Gasteiger partial charge in [-0.2, -0.15) is 18.2 Å². The fraction of sp³-hybridized carbons (Fsp3) is 0.800. The standard InChI is InChI=1S/C15H22F3N5O/c1-13(2)6-14(7-22(3)4)8-23(5-9(13)14)11(24)10-19-12(21-20-10)15(16,17)18/h9H,5-8H2,1-4H3,(H,19,20,21)/t9-,14+/m1/s1. The van der Waals surface area contributed by atoms with Gasteiger partial charge in [-0.05, 0) is 31.8 Å². The van der Waals surface area contributed by atoms with Crippen LogP contribution in [0.25, 0.3) is 0 Å². The van der Waals surface area contributed by atoms with Crippen molar-refractivity contribution in [2.24, 2.45) is 16.7 Å². The van der Waals surface area contributed by atoms with Crippen molar-refractivity contribution in [3.8, 4) is 0 Å². The third-order valence-corrected chi connectivity index (χ3v) is 5.26. The van der Waals surface area contributed by atoms with E-state index in [1.807, 2.05) is 14.1 Å². The topological polar surface area (TPSA) is 65.1 Å². The number of hydrogen-bond acceptors (Lipinski definition) is 4. The lowest BCUT2D eigenvalue weighted by Crippen LogP contribution is -2.57. The number of rotatable bonds is 3. The van der Waals surface area contributed by atoms with Crippen LogP contribution < -0.4 is 0 Å². The van der Waals surface area contributed by atoms with Crippen LogP contribution in [-0.2, 0) is 6.18 Å². The highest BCUT2D eigenvalue weighted by Gasteiger charge is 2.63. The number of aromatic nitrogens is 3. The van der Waals surface area contributed by atoms with Gasteiger partial charge in [-0.15, -0.1) is 5.10 Å². The van der Waals surface area contributed by atoms with E-state index >= 15 is 0 Å². The molecule has 3 rings (SSSR count). The second kappa shape index (κ2) is 5.18. The Morgan fingerprint density at radius 1 is 1.42 bits per heavy atom. The van der Waals surface area contributed by atoms with E-state index in [1.165, 1.54) is 0 Å². The van der Waals surface area contributed by atoms with Gasteiger partial charge in [0, 0.05) is 25.0 Å². The molecule has 1 aromatic heterocycles. The van der Waals surface area contributed by atoms with E-state index in [-0.39, 0.29) is 10.8 Å². The van der Waals surface area contributed by atoms with Gasteiger partial charge in [-0.3, -0.25) is 9.89 Å². The van der Waals surface area contributed by atoms with Gasteiger partial charge in [0.15, 0.2) is 0 Å². The molecule has 1 saturated carbocycles. The van der Waals surface area contributed by atoms with Gasteiger partial charge in [-0.25, -0.2) is 0 Å². The zero-order chi connectivity index (χ0) is 17.9. The summed E-state index contributed by atoms with van der Waals surface area (Å²) in [5.41, 5.74) is 0.132. The number of aromatic amines is 1. The maximum atomic E-state index is 12.6. The van der Waals surface area contributed by atoms with E-state index in [9.17, 15) is 18.0 Å². The Balaban J connectivity index is 1.79. The zero-order valence-corrected chi connectivity index (χ0v) is 14.2. The van der Waals surface area contributed by atoms with E-state index in [2.05, 4.69) is 28.8 Å². The van der Waals surface area contributed by atoms with Gasteiger partial charge in [0.05, 0.1) is 0 Å². The molecule has 1 aliphatic carbocycles. The van der Waals surface area contributed by atoms with Crippen LogP contribution >= 0.6 is 0 Å². The smallest absolute Gasteiger partial charge is 0.335 e. The number of amides is 1. The van der Waals surface area contributed by atoms with E-state index in [4.69, 9.17) is 0 Å². The number of alkyl halides is 3. The first-order valence-corrected chi connectivity index (χ1v) is 7.88. The number of carbonyl (C=O) groups is 1. The molecule has 134 valence electrons. The second-order valence-corrected chi connectivity index (χ2v) is 8.01. The molecule has 0 unspecified atom stereocenters. The summed E-state index contributed by atoms with van der Waals surface area (Å²) in [6.45, 7) is 6.28. The Hall–Kier alpha value is -1.64. The van der Waals surface area contributed by atoms with Crippen LogP contribution in [0.5, 0.6) is 0 Å². The molecule has 0 aromatic carbocycles. The minimum absolute atomic E-state index is 0.00578. The Morgan fingerprint density at radius 2 is 2.08 bits per heavy atom. The van der Waals surface area contributed by atoms with Crippen LogP contribution in [0.2, 0.25) is 0 Å². The molecule has 2 heterocycles. The van der Waals surface area contributed by atoms with Crippen LogP contribution in [0.15, 0.2) is 0 Å². The molecule has 2 fully saturated rings. The van der Waals surface area contributed by atoms with E-state index in [0.29, 0.717) is 19.0 Å². The number of H-pyrrole nitrogens is 1. The predicted molar refractivity (Wildman–Crippen MR) is 80.2 cm³/mol. The Morgan fingerprint density at radius 3 is 2.58 bits per heavy atom. The third-order valence-electron chi connectivity index (χ3n) is 5.26. The zero-order valence-electron chi connectivity index (χ0n) is 14.2. The van der Waals surface area contributed by atoms with Crippen LogP contribution in [0, 0.1) is 16.7 Å². The van der Waals surface area contributed by atoms with Gasteiger partial charge < -0.3 is 9.80 Å². The summed E-state index contributed by atoms with van der Waals surface area (Å²) in [6.07, 6.45) is -3.64. The molecule has 9 heteroatoms. The Bertz CT molecular complexity index is 650. The minimum Gasteiger partial charge on any atom is -0.335 e. The highest BCUT2D eigenvalue weighted by atomic mass is 19.4. The first kappa shape index (κ1) is 17.2. The predicted octanol–water partition coefficient (Wildman–Crippen LogP) is 1.87. The molecule has 24 heavy (non-hydrogen) atoms. The summed E-state index contributed by atoms with van der Waals surface area (Å²) in [5, 5.41) is 5.26. The van der Waals surface area contributed by atoms with E-state index in [0.717, 1.165) is 13.0 Å². The van der Waals surface area contributed by atoms with Crippen molar-refractivity contribution in [2.45, 2.75) is 26.4 Å². The van der Waals surface area contributed by atoms with Crippen molar-refractivity contribution in [3.63, 3.8) is 0 Å². The number of hydrogen-bond donors (Lipinski definition) is 1. The van der Waals surface area contributed by atoms with Crippen molar-refractivity contribution < 1.29 is 18.0 Å². The number of carbonyl (C=O) groups excluding carboxylic acids is 1. The molecule has 0 spiro atoms. The van der Waals surface area contributed by atoms with E-state index < -0.39 is 23.7 Å². The van der Waals surface area contributed by atoms with Crippen molar-refractivity contribution in [2.75, 3.05) is 33.7 Å². The summed E-state index contributed by atoms with van der Waals surface area (Å²) in [7, 11) is 3.99. The maximum absolute atomic E-state index is 12.6. The fourth-order valence-electron chi connectivity index (χ4n) is 4.75. The van der Waals surface area contributed by atoms with Gasteiger partial charge >= 0.3 is 6.18 Å². The molecule has 6 nitrogen and oxygen atoms in total. The lowest BCUT2D eigenvalue weighted by molar-refractivity contribution is -0.144. The number of nitrogens with one attached hydrogen (secondary N) is 1. The molecule has 1 amide bonds. The second-order valence-electron chi connectivity index (χ2n) is 8.01. The number of likely N-dealkylation sites (tertiary alicyclic amines) is 1. The molecule has 0 radical (unpaired) electrons. The fourth-order valence-corrected chi connectivity index (χ4v) is 4.75. The van der Waals surface area contributed by atoms with Gasteiger partial charge in [0.2, 0.25) is 11.6 Å². The van der Waals surface area contributed by atoms with Crippen LogP contribution in [0.4, 0.5) is 13.2 Å². The lowest BCUT2D eigenvalue weighted by atomic mass is 9.48. The van der Waals surface area contributed by atoms with Crippen LogP contribution in [0.1, 0.15) is 36.7 Å². The SMILES string of the molecule is CN(C)C[C@@]12CN(C(=O)c3n[nH]c(C(F)(F)F)n3)C[C@@H]1C(C)(C)C2. The number of halogens is 3. The molecule has 1 aliphatic heterocycles. The lowest BCUT2D eigenvalue weighted by Gasteiger charge is -2.57. The Labute approximate surface area is 138 Å². The summed E-state index contributed by atoms with van der Waals surface area (Å²) in [6, 6.07) is 0. The van der Waals surface area contributed by atoms with Gasteiger partial charge in [0.1, 0.15) is 0 Å². The minimum atomic E-state index is -4.64. The summed E-state index contributed by atoms with van der Waals surface area (Å²) < 4.78 is 37.9. The monoisotopic (exact) mass is 345 g/mol. The Kier molecular flexibility index (Phi) is 3.71. The molecule has 1 saturated heterocycles. The first-order chi connectivity index (χ1) is 10.9. The molecular weight excluding hydrogens is 323 g/mol. The van der Waals surface area contributed by atoms with E-state index in [1.54, 1.807) is 10.00 Å². The highest BCUT2D eigenvalue weighted by Crippen LogP contribution is 2.62. The average molecular weight is 345 g/mol. The van der Waals surface area contributed by atoms with Crippen LogP contribution in [-0.4, -0.2) is 64.6 Å². The first-order valence-electron chi connectivity index (χ1n) is 7.88. The van der Waals surface area contributed by atoms with Crippen LogP contribution in [0.3, 0.4) is 0 Å². The third kappa shape index (κ3) is 2.68. The largest absolute Gasteiger partial charge is 0.451 e. The van der Waals surface area contributed by atoms with Gasteiger partial charge in [0.25, 0.3) is 5.91 Å². The van der Waals surface area contributed by atoms with Crippen molar-refractivity contribution >= 4 is 5.91 Å². The van der Waals surface area contributed by atoms with Crippen molar-refractivity contribution in [3.05, 3.63) is 11.6 Å². The highest BCUT2D eigenvalue weighted by molar-refractivity contribution is 5.90. The number of fused-ring (bicyclic) bond motifs is 1. The summed E-state index contributed by atoms with van der Waals surface area (Å²) in [4.78, 5) is 19.6. The normalized spacial score (nSPS) is 28.8. The molecule has 2 atom stereocenters. The van der Waals surface area contributed by atoms with Crippen molar-refractivity contribution in [1.29, 1.82) is 0 Å². The van der Waals surface area contributed by atoms with Gasteiger partial charge in [-0.1, -0.05) is 13.8 Å². The maximum Gasteiger partial charge on any atom is 0.451 e. The molecular formula is C15H22F3N5O. The number of nitrogens with zero attached hydrogens (tertiary/aromatic N) is 4. The molecule has 2 aliphatic rings.